The van der Waals surface area contributed by atoms with E-state index in [-0.39, 0.29) is 5.54 Å². The number of hydrogen-bond acceptors (Lipinski definition) is 2. The van der Waals surface area contributed by atoms with Gasteiger partial charge in [-0.3, -0.25) is 0 Å². The molecule has 0 fully saturated rings. The molecule has 112 valence electrons. The highest BCUT2D eigenvalue weighted by atomic mass is 15.1. The highest BCUT2D eigenvalue weighted by Crippen LogP contribution is 2.21. The summed E-state index contributed by atoms with van der Waals surface area (Å²) in [6.07, 6.45) is 0. The second kappa shape index (κ2) is 6.77. The highest BCUT2D eigenvalue weighted by molar-refractivity contribution is 5.53. The first-order valence-electron chi connectivity index (χ1n) is 7.54. The molecule has 0 aliphatic rings. The van der Waals surface area contributed by atoms with Gasteiger partial charge in [-0.1, -0.05) is 48.5 Å². The monoisotopic (exact) mass is 282 g/mol. The van der Waals surface area contributed by atoms with Crippen LogP contribution in [0.4, 0.5) is 5.69 Å². The van der Waals surface area contributed by atoms with Crippen LogP contribution in [-0.4, -0.2) is 12.6 Å². The number of benzene rings is 2. The molecule has 0 atom stereocenters. The summed E-state index contributed by atoms with van der Waals surface area (Å²) >= 11 is 0. The fourth-order valence-electron chi connectivity index (χ4n) is 2.34. The maximum Gasteiger partial charge on any atom is 0.0426 e. The van der Waals surface area contributed by atoms with Crippen LogP contribution in [0.25, 0.3) is 0 Å². The molecule has 2 nitrogen and oxygen atoms in total. The topological polar surface area (TPSA) is 15.3 Å². The van der Waals surface area contributed by atoms with Crippen LogP contribution in [0.3, 0.4) is 0 Å². The summed E-state index contributed by atoms with van der Waals surface area (Å²) in [5.41, 5.74) is 4.09. The number of para-hydroxylation sites is 1. The van der Waals surface area contributed by atoms with E-state index in [1.54, 1.807) is 0 Å². The Labute approximate surface area is 128 Å². The van der Waals surface area contributed by atoms with Gasteiger partial charge in [0.05, 0.1) is 0 Å². The Bertz CT molecular complexity index is 555. The first-order valence-corrected chi connectivity index (χ1v) is 7.54. The number of anilines is 1. The van der Waals surface area contributed by atoms with Gasteiger partial charge in [-0.05, 0) is 38.0 Å². The zero-order valence-electron chi connectivity index (χ0n) is 13.6. The molecule has 0 saturated carbocycles. The van der Waals surface area contributed by atoms with Crippen LogP contribution >= 0.6 is 0 Å². The average molecular weight is 282 g/mol. The van der Waals surface area contributed by atoms with E-state index in [0.717, 1.165) is 13.1 Å². The van der Waals surface area contributed by atoms with Gasteiger partial charge in [0, 0.05) is 31.4 Å². The Morgan fingerprint density at radius 3 is 2.19 bits per heavy atom. The Balaban J connectivity index is 2.11. The molecule has 0 aromatic heterocycles. The van der Waals surface area contributed by atoms with Crippen LogP contribution in [0.5, 0.6) is 0 Å². The molecule has 1 N–H and O–H groups in total. The van der Waals surface area contributed by atoms with Crippen molar-refractivity contribution in [3.8, 4) is 0 Å². The van der Waals surface area contributed by atoms with Crippen molar-refractivity contribution < 1.29 is 0 Å². The fraction of sp³-hybridized carbons (Fsp3) is 0.368. The lowest BCUT2D eigenvalue weighted by Crippen LogP contribution is -2.35. The van der Waals surface area contributed by atoms with Crippen LogP contribution in [0, 0.1) is 0 Å². The molecule has 0 bridgehead atoms. The normalized spacial score (nSPS) is 11.4. The molecule has 0 aliphatic heterocycles. The van der Waals surface area contributed by atoms with Crippen molar-refractivity contribution in [2.45, 2.75) is 39.4 Å². The second-order valence-electron chi connectivity index (χ2n) is 6.57. The lowest BCUT2D eigenvalue weighted by Gasteiger charge is -2.25. The molecule has 0 radical (unpaired) electrons. The Hall–Kier alpha value is -1.80. The molecule has 2 aromatic carbocycles. The van der Waals surface area contributed by atoms with E-state index < -0.39 is 0 Å². The van der Waals surface area contributed by atoms with Gasteiger partial charge in [0.15, 0.2) is 0 Å². The van der Waals surface area contributed by atoms with Crippen molar-refractivity contribution in [2.75, 3.05) is 11.9 Å². The minimum atomic E-state index is 0.130. The minimum absolute atomic E-state index is 0.130. The van der Waals surface area contributed by atoms with E-state index >= 15 is 0 Å². The van der Waals surface area contributed by atoms with Crippen LogP contribution in [0.15, 0.2) is 54.6 Å². The summed E-state index contributed by atoms with van der Waals surface area (Å²) in [4.78, 5) is 2.31. The van der Waals surface area contributed by atoms with Gasteiger partial charge in [-0.2, -0.15) is 0 Å². The van der Waals surface area contributed by atoms with Crippen molar-refractivity contribution in [3.05, 3.63) is 65.7 Å². The van der Waals surface area contributed by atoms with E-state index in [1.165, 1.54) is 16.8 Å². The third-order valence-electron chi connectivity index (χ3n) is 3.47. The Morgan fingerprint density at radius 1 is 0.905 bits per heavy atom. The molecule has 0 spiro atoms. The van der Waals surface area contributed by atoms with Crippen molar-refractivity contribution >= 4 is 5.69 Å². The average Bonchev–Trinajstić information content (AvgIpc) is 2.46. The van der Waals surface area contributed by atoms with Crippen molar-refractivity contribution in [1.29, 1.82) is 0 Å². The van der Waals surface area contributed by atoms with E-state index in [9.17, 15) is 0 Å². The van der Waals surface area contributed by atoms with E-state index in [4.69, 9.17) is 0 Å². The molecular weight excluding hydrogens is 256 g/mol. The number of nitrogens with zero attached hydrogens (tertiary/aromatic N) is 1. The molecule has 2 rings (SSSR count). The van der Waals surface area contributed by atoms with Crippen LogP contribution < -0.4 is 10.2 Å². The minimum Gasteiger partial charge on any atom is -0.370 e. The summed E-state index contributed by atoms with van der Waals surface area (Å²) in [6, 6.07) is 19.2. The van der Waals surface area contributed by atoms with Gasteiger partial charge in [0.25, 0.3) is 0 Å². The van der Waals surface area contributed by atoms with Crippen molar-refractivity contribution in [2.24, 2.45) is 0 Å². The SMILES string of the molecule is CN(Cc1ccccc1)c1ccccc1CNC(C)(C)C. The molecule has 0 aliphatic carbocycles. The number of hydrogen-bond donors (Lipinski definition) is 1. The zero-order chi connectivity index (χ0) is 15.3. The van der Waals surface area contributed by atoms with Crippen LogP contribution in [0.2, 0.25) is 0 Å². The quantitative estimate of drug-likeness (QED) is 0.883. The summed E-state index contributed by atoms with van der Waals surface area (Å²) in [7, 11) is 2.16. The molecule has 2 heteroatoms. The molecule has 0 saturated heterocycles. The van der Waals surface area contributed by atoms with Gasteiger partial charge < -0.3 is 10.2 Å². The standard InChI is InChI=1S/C19H26N2/c1-19(2,3)20-14-17-12-8-9-13-18(17)21(4)15-16-10-6-5-7-11-16/h5-13,20H,14-15H2,1-4H3. The predicted molar refractivity (Wildman–Crippen MR) is 91.6 cm³/mol. The van der Waals surface area contributed by atoms with E-state index in [1.807, 2.05) is 0 Å². The maximum atomic E-state index is 3.57. The summed E-state index contributed by atoms with van der Waals surface area (Å²) in [6.45, 7) is 8.40. The first kappa shape index (κ1) is 15.6. The molecule has 0 unspecified atom stereocenters. The maximum absolute atomic E-state index is 3.57. The number of nitrogens with one attached hydrogen (secondary N) is 1. The van der Waals surface area contributed by atoms with Crippen LogP contribution in [0.1, 0.15) is 31.9 Å². The summed E-state index contributed by atoms with van der Waals surface area (Å²) in [5.74, 6) is 0. The molecule has 0 heterocycles. The Kier molecular flexibility index (Phi) is 5.03. The smallest absolute Gasteiger partial charge is 0.0426 e. The zero-order valence-corrected chi connectivity index (χ0v) is 13.6. The van der Waals surface area contributed by atoms with Gasteiger partial charge >= 0.3 is 0 Å². The Morgan fingerprint density at radius 2 is 1.52 bits per heavy atom. The summed E-state index contributed by atoms with van der Waals surface area (Å²) < 4.78 is 0. The van der Waals surface area contributed by atoms with Gasteiger partial charge in [-0.25, -0.2) is 0 Å². The van der Waals surface area contributed by atoms with Crippen LogP contribution in [-0.2, 0) is 13.1 Å². The largest absolute Gasteiger partial charge is 0.370 e. The predicted octanol–water partition coefficient (Wildman–Crippen LogP) is 4.21. The van der Waals surface area contributed by atoms with Gasteiger partial charge in [0.1, 0.15) is 0 Å². The first-order chi connectivity index (χ1) is 9.96. The third-order valence-corrected chi connectivity index (χ3v) is 3.47. The third kappa shape index (κ3) is 4.91. The van der Waals surface area contributed by atoms with Crippen molar-refractivity contribution in [3.63, 3.8) is 0 Å². The summed E-state index contributed by atoms with van der Waals surface area (Å²) in [5, 5.41) is 3.57. The van der Waals surface area contributed by atoms with Gasteiger partial charge in [-0.15, -0.1) is 0 Å². The van der Waals surface area contributed by atoms with Crippen molar-refractivity contribution in [1.82, 2.24) is 5.32 Å². The van der Waals surface area contributed by atoms with E-state index in [2.05, 4.69) is 92.6 Å². The number of rotatable bonds is 5. The fourth-order valence-corrected chi connectivity index (χ4v) is 2.34. The van der Waals surface area contributed by atoms with Gasteiger partial charge in [0.2, 0.25) is 0 Å². The lowest BCUT2D eigenvalue weighted by molar-refractivity contribution is 0.424. The molecule has 21 heavy (non-hydrogen) atoms. The highest BCUT2D eigenvalue weighted by Gasteiger charge is 2.12. The molecular formula is C19H26N2. The second-order valence-corrected chi connectivity index (χ2v) is 6.57. The molecule has 0 amide bonds. The molecule has 2 aromatic rings. The lowest BCUT2D eigenvalue weighted by atomic mass is 10.1. The van der Waals surface area contributed by atoms with E-state index in [0.29, 0.717) is 0 Å².